The van der Waals surface area contributed by atoms with E-state index in [0.29, 0.717) is 0 Å². The number of halogens is 1. The molecule has 106 valence electrons. The minimum Gasteiger partial charge on any atom is -0.493 e. The lowest BCUT2D eigenvalue weighted by atomic mass is 10.0. The van der Waals surface area contributed by atoms with Crippen molar-refractivity contribution in [2.45, 2.75) is 25.2 Å². The summed E-state index contributed by atoms with van der Waals surface area (Å²) >= 11 is 6.16. The Kier molecular flexibility index (Phi) is 5.05. The Morgan fingerprint density at radius 1 is 1.37 bits per heavy atom. The second kappa shape index (κ2) is 6.57. The molecule has 1 aliphatic rings. The number of nitrogens with one attached hydrogen (secondary N) is 1. The number of fused-ring (bicyclic) bond motifs is 1. The number of hydrogen-bond acceptors (Lipinski definition) is 4. The van der Waals surface area contributed by atoms with Gasteiger partial charge in [0.15, 0.2) is 6.29 Å². The summed E-state index contributed by atoms with van der Waals surface area (Å²) in [6, 6.07) is 3.98. The van der Waals surface area contributed by atoms with Gasteiger partial charge in [-0.05, 0) is 36.7 Å². The molecule has 2 rings (SSSR count). The first-order valence-electron chi connectivity index (χ1n) is 6.36. The molecule has 5 heteroatoms. The van der Waals surface area contributed by atoms with E-state index in [-0.39, 0.29) is 12.3 Å². The molecule has 0 spiro atoms. The molecule has 1 aromatic carbocycles. The van der Waals surface area contributed by atoms with Gasteiger partial charge in [0.25, 0.3) is 0 Å². The topological polar surface area (TPSA) is 39.7 Å². The second-order valence-electron chi connectivity index (χ2n) is 4.59. The van der Waals surface area contributed by atoms with Gasteiger partial charge in [-0.3, -0.25) is 0 Å². The second-order valence-corrected chi connectivity index (χ2v) is 5.03. The molecule has 0 bridgehead atoms. The van der Waals surface area contributed by atoms with Crippen molar-refractivity contribution in [2.24, 2.45) is 0 Å². The number of rotatable bonds is 6. The van der Waals surface area contributed by atoms with Crippen molar-refractivity contribution in [1.29, 1.82) is 0 Å². The molecule has 0 saturated carbocycles. The zero-order valence-electron chi connectivity index (χ0n) is 11.5. The summed E-state index contributed by atoms with van der Waals surface area (Å²) in [5, 5.41) is 3.96. The smallest absolute Gasteiger partial charge is 0.172 e. The molecule has 1 aliphatic heterocycles. The first-order valence-corrected chi connectivity index (χ1v) is 6.74. The van der Waals surface area contributed by atoms with Crippen LogP contribution in [-0.4, -0.2) is 40.2 Å². The van der Waals surface area contributed by atoms with E-state index in [0.717, 1.165) is 35.8 Å². The lowest BCUT2D eigenvalue weighted by Crippen LogP contribution is -2.41. The molecule has 19 heavy (non-hydrogen) atoms. The SMILES string of the molecule is CNC(Cc1cc(Cl)cc2c1OCC2)C(OC)OC. The maximum absolute atomic E-state index is 6.16. The number of methoxy groups -OCH3 is 2. The van der Waals surface area contributed by atoms with Crippen LogP contribution in [-0.2, 0) is 22.3 Å². The zero-order chi connectivity index (χ0) is 13.8. The van der Waals surface area contributed by atoms with Gasteiger partial charge in [0.05, 0.1) is 12.6 Å². The standard InChI is InChI=1S/C14H20ClNO3/c1-16-12(14(17-2)18-3)8-10-7-11(15)6-9-4-5-19-13(9)10/h6-7,12,14,16H,4-5,8H2,1-3H3. The molecule has 0 amide bonds. The van der Waals surface area contributed by atoms with Crippen molar-refractivity contribution >= 4 is 11.6 Å². The highest BCUT2D eigenvalue weighted by Crippen LogP contribution is 2.33. The molecular weight excluding hydrogens is 266 g/mol. The van der Waals surface area contributed by atoms with Crippen LogP contribution in [0.15, 0.2) is 12.1 Å². The van der Waals surface area contributed by atoms with Crippen LogP contribution in [0.2, 0.25) is 5.02 Å². The third kappa shape index (κ3) is 3.20. The number of ether oxygens (including phenoxy) is 3. The van der Waals surface area contributed by atoms with Gasteiger partial charge in [0, 0.05) is 25.7 Å². The summed E-state index contributed by atoms with van der Waals surface area (Å²) in [5.41, 5.74) is 2.28. The van der Waals surface area contributed by atoms with Crippen molar-refractivity contribution < 1.29 is 14.2 Å². The lowest BCUT2D eigenvalue weighted by molar-refractivity contribution is -0.121. The van der Waals surface area contributed by atoms with Gasteiger partial charge in [0.1, 0.15) is 5.75 Å². The van der Waals surface area contributed by atoms with Crippen LogP contribution in [0.5, 0.6) is 5.75 Å². The Balaban J connectivity index is 2.22. The summed E-state index contributed by atoms with van der Waals surface area (Å²) in [4.78, 5) is 0. The molecule has 1 atom stereocenters. The van der Waals surface area contributed by atoms with Crippen LogP contribution in [0.4, 0.5) is 0 Å². The highest BCUT2D eigenvalue weighted by atomic mass is 35.5. The van der Waals surface area contributed by atoms with E-state index in [9.17, 15) is 0 Å². The molecule has 0 fully saturated rings. The number of likely N-dealkylation sites (N-methyl/N-ethyl adjacent to an activating group) is 1. The van der Waals surface area contributed by atoms with Crippen molar-refractivity contribution in [3.63, 3.8) is 0 Å². The number of benzene rings is 1. The Labute approximate surface area is 119 Å². The first-order chi connectivity index (χ1) is 9.19. The molecule has 1 heterocycles. The van der Waals surface area contributed by atoms with Crippen LogP contribution in [0, 0.1) is 0 Å². The largest absolute Gasteiger partial charge is 0.493 e. The minimum atomic E-state index is -0.305. The highest BCUT2D eigenvalue weighted by Gasteiger charge is 2.24. The monoisotopic (exact) mass is 285 g/mol. The third-order valence-electron chi connectivity index (χ3n) is 3.43. The van der Waals surface area contributed by atoms with Crippen LogP contribution in [0.3, 0.4) is 0 Å². The molecule has 0 aliphatic carbocycles. The quantitative estimate of drug-likeness (QED) is 0.812. The molecular formula is C14H20ClNO3. The van der Waals surface area contributed by atoms with Gasteiger partial charge < -0.3 is 19.5 Å². The van der Waals surface area contributed by atoms with Gasteiger partial charge in [-0.15, -0.1) is 0 Å². The lowest BCUT2D eigenvalue weighted by Gasteiger charge is -2.25. The van der Waals surface area contributed by atoms with E-state index in [1.54, 1.807) is 14.2 Å². The predicted octanol–water partition coefficient (Wildman–Crippen LogP) is 2.02. The van der Waals surface area contributed by atoms with Crippen molar-refractivity contribution in [2.75, 3.05) is 27.9 Å². The third-order valence-corrected chi connectivity index (χ3v) is 3.65. The van der Waals surface area contributed by atoms with Crippen LogP contribution >= 0.6 is 11.6 Å². The highest BCUT2D eigenvalue weighted by molar-refractivity contribution is 6.30. The first kappa shape index (κ1) is 14.6. The Morgan fingerprint density at radius 2 is 2.11 bits per heavy atom. The van der Waals surface area contributed by atoms with E-state index in [1.807, 2.05) is 19.2 Å². The fraction of sp³-hybridized carbons (Fsp3) is 0.571. The van der Waals surface area contributed by atoms with E-state index in [2.05, 4.69) is 5.32 Å². The minimum absolute atomic E-state index is 0.0433. The molecule has 0 saturated heterocycles. The van der Waals surface area contributed by atoms with E-state index < -0.39 is 0 Å². The molecule has 1 aromatic rings. The van der Waals surface area contributed by atoms with Gasteiger partial charge in [0.2, 0.25) is 0 Å². The molecule has 0 aromatic heterocycles. The summed E-state index contributed by atoms with van der Waals surface area (Å²) in [6.07, 6.45) is 1.36. The van der Waals surface area contributed by atoms with Crippen LogP contribution < -0.4 is 10.1 Å². The molecule has 1 N–H and O–H groups in total. The summed E-state index contributed by atoms with van der Waals surface area (Å²) in [6.45, 7) is 0.727. The maximum atomic E-state index is 6.16. The summed E-state index contributed by atoms with van der Waals surface area (Å²) in [7, 11) is 5.16. The van der Waals surface area contributed by atoms with E-state index in [4.69, 9.17) is 25.8 Å². The molecule has 4 nitrogen and oxygen atoms in total. The van der Waals surface area contributed by atoms with Crippen molar-refractivity contribution in [1.82, 2.24) is 5.32 Å². The van der Waals surface area contributed by atoms with E-state index in [1.165, 1.54) is 5.56 Å². The maximum Gasteiger partial charge on any atom is 0.172 e. The normalized spacial score (nSPS) is 15.4. The molecule has 0 radical (unpaired) electrons. The van der Waals surface area contributed by atoms with Gasteiger partial charge in [-0.1, -0.05) is 11.6 Å². The molecule has 1 unspecified atom stereocenters. The summed E-state index contributed by atoms with van der Waals surface area (Å²) in [5.74, 6) is 0.968. The zero-order valence-corrected chi connectivity index (χ0v) is 12.3. The van der Waals surface area contributed by atoms with Crippen LogP contribution in [0.1, 0.15) is 11.1 Å². The fourth-order valence-electron chi connectivity index (χ4n) is 2.49. The van der Waals surface area contributed by atoms with Gasteiger partial charge in [-0.25, -0.2) is 0 Å². The Hall–Kier alpha value is -0.810. The fourth-order valence-corrected chi connectivity index (χ4v) is 2.76. The number of hydrogen-bond donors (Lipinski definition) is 1. The Bertz CT molecular complexity index is 435. The average Bonchev–Trinajstić information content (AvgIpc) is 2.86. The average molecular weight is 286 g/mol. The van der Waals surface area contributed by atoms with E-state index >= 15 is 0 Å². The van der Waals surface area contributed by atoms with Gasteiger partial charge in [-0.2, -0.15) is 0 Å². The van der Waals surface area contributed by atoms with Crippen LogP contribution in [0.25, 0.3) is 0 Å². The summed E-state index contributed by atoms with van der Waals surface area (Å²) < 4.78 is 16.3. The van der Waals surface area contributed by atoms with Crippen molar-refractivity contribution in [3.05, 3.63) is 28.3 Å². The Morgan fingerprint density at radius 3 is 2.74 bits per heavy atom. The predicted molar refractivity (Wildman–Crippen MR) is 75.0 cm³/mol. The van der Waals surface area contributed by atoms with Gasteiger partial charge >= 0.3 is 0 Å². The van der Waals surface area contributed by atoms with Crippen molar-refractivity contribution in [3.8, 4) is 5.75 Å².